The third-order valence-corrected chi connectivity index (χ3v) is 5.62. The largest absolute Gasteiger partial charge is 1.00 e. The fourth-order valence-corrected chi connectivity index (χ4v) is 3.75. The molecule has 0 spiro atoms. The number of aliphatic hydroxyl groups excluding tert-OH is 1. The standard InChI is InChI=1S/C17H36O4S.Na/c1-3-4-5-6-7-8-9-10-11-12-13-14-15-17(16(2)18)22(19,20)21;/h16-18H,3-15H2,1-2H3,(H,19,20,21);/q;+1/p-1. The Morgan fingerprint density at radius 2 is 1.17 bits per heavy atom. The van der Waals surface area contributed by atoms with Crippen molar-refractivity contribution in [2.45, 2.75) is 109 Å². The molecule has 0 heterocycles. The van der Waals surface area contributed by atoms with E-state index in [1.807, 2.05) is 0 Å². The van der Waals surface area contributed by atoms with Gasteiger partial charge in [-0.05, 0) is 13.3 Å². The Bertz CT molecular complexity index is 345. The molecule has 0 saturated heterocycles. The van der Waals surface area contributed by atoms with Gasteiger partial charge in [-0.25, -0.2) is 8.42 Å². The summed E-state index contributed by atoms with van der Waals surface area (Å²) in [6.07, 6.45) is 13.7. The number of unbranched alkanes of at least 4 members (excludes halogenated alkanes) is 11. The quantitative estimate of drug-likeness (QED) is 0.272. The van der Waals surface area contributed by atoms with Gasteiger partial charge >= 0.3 is 29.6 Å². The van der Waals surface area contributed by atoms with E-state index in [-0.39, 0.29) is 36.0 Å². The summed E-state index contributed by atoms with van der Waals surface area (Å²) in [6, 6.07) is 0. The molecule has 6 heteroatoms. The smallest absolute Gasteiger partial charge is 0.748 e. The third-order valence-electron chi connectivity index (χ3n) is 4.25. The minimum atomic E-state index is -4.38. The van der Waals surface area contributed by atoms with E-state index < -0.39 is 21.5 Å². The zero-order valence-electron chi connectivity index (χ0n) is 15.4. The second kappa shape index (κ2) is 16.3. The van der Waals surface area contributed by atoms with Gasteiger partial charge in [0.05, 0.1) is 11.4 Å². The molecule has 4 nitrogen and oxygen atoms in total. The Morgan fingerprint density at radius 1 is 0.826 bits per heavy atom. The van der Waals surface area contributed by atoms with Crippen LogP contribution in [0.5, 0.6) is 0 Å². The van der Waals surface area contributed by atoms with Gasteiger partial charge in [0.15, 0.2) is 0 Å². The van der Waals surface area contributed by atoms with E-state index >= 15 is 0 Å². The summed E-state index contributed by atoms with van der Waals surface area (Å²) < 4.78 is 33.0. The SMILES string of the molecule is CCCCCCCCCCCCCCC(C(C)O)S(=O)(=O)[O-].[Na+]. The van der Waals surface area contributed by atoms with Gasteiger partial charge in [-0.3, -0.25) is 0 Å². The van der Waals surface area contributed by atoms with E-state index in [9.17, 15) is 18.1 Å². The third kappa shape index (κ3) is 16.1. The Balaban J connectivity index is 0. The van der Waals surface area contributed by atoms with Gasteiger partial charge in [0.25, 0.3) is 0 Å². The molecular formula is C17H35NaO4S. The van der Waals surface area contributed by atoms with Crippen LogP contribution in [0.4, 0.5) is 0 Å². The molecule has 0 amide bonds. The van der Waals surface area contributed by atoms with E-state index in [1.54, 1.807) is 0 Å². The summed E-state index contributed by atoms with van der Waals surface area (Å²) in [5.74, 6) is 0. The van der Waals surface area contributed by atoms with Crippen LogP contribution >= 0.6 is 0 Å². The van der Waals surface area contributed by atoms with E-state index in [4.69, 9.17) is 0 Å². The number of hydrogen-bond donors (Lipinski definition) is 1. The van der Waals surface area contributed by atoms with E-state index in [0.29, 0.717) is 6.42 Å². The van der Waals surface area contributed by atoms with Gasteiger partial charge < -0.3 is 9.66 Å². The molecule has 0 aromatic carbocycles. The first-order valence-corrected chi connectivity index (χ1v) is 10.5. The van der Waals surface area contributed by atoms with Crippen molar-refractivity contribution in [1.29, 1.82) is 0 Å². The van der Waals surface area contributed by atoms with Crippen molar-refractivity contribution in [3.05, 3.63) is 0 Å². The van der Waals surface area contributed by atoms with Gasteiger partial charge in [0.2, 0.25) is 0 Å². The molecule has 0 saturated carbocycles. The number of rotatable bonds is 15. The molecule has 0 bridgehead atoms. The molecule has 0 aliphatic heterocycles. The fourth-order valence-electron chi connectivity index (χ4n) is 2.81. The zero-order valence-corrected chi connectivity index (χ0v) is 18.2. The molecule has 0 rings (SSSR count). The minimum Gasteiger partial charge on any atom is -0.748 e. The molecule has 0 aromatic rings. The summed E-state index contributed by atoms with van der Waals surface area (Å²) >= 11 is 0. The first-order chi connectivity index (χ1) is 10.4. The van der Waals surface area contributed by atoms with Gasteiger partial charge in [-0.2, -0.15) is 0 Å². The van der Waals surface area contributed by atoms with E-state index in [2.05, 4.69) is 6.92 Å². The second-order valence-electron chi connectivity index (χ2n) is 6.45. The van der Waals surface area contributed by atoms with Crippen LogP contribution in [0.1, 0.15) is 97.3 Å². The van der Waals surface area contributed by atoms with Gasteiger partial charge in [0, 0.05) is 0 Å². The van der Waals surface area contributed by atoms with Crippen LogP contribution < -0.4 is 29.6 Å². The van der Waals surface area contributed by atoms with Crippen LogP contribution in [0.3, 0.4) is 0 Å². The first kappa shape index (κ1) is 26.1. The minimum absolute atomic E-state index is 0. The molecule has 2 atom stereocenters. The van der Waals surface area contributed by atoms with Crippen LogP contribution in [0.15, 0.2) is 0 Å². The number of hydrogen-bond acceptors (Lipinski definition) is 4. The topological polar surface area (TPSA) is 77.4 Å². The molecule has 134 valence electrons. The molecule has 0 radical (unpaired) electrons. The maximum absolute atomic E-state index is 11.0. The summed E-state index contributed by atoms with van der Waals surface area (Å²) in [7, 11) is -4.38. The Kier molecular flexibility index (Phi) is 18.5. The molecule has 0 fully saturated rings. The predicted octanol–water partition coefficient (Wildman–Crippen LogP) is 1.38. The zero-order chi connectivity index (χ0) is 16.8. The molecule has 2 unspecified atom stereocenters. The average Bonchev–Trinajstić information content (AvgIpc) is 2.42. The van der Waals surface area contributed by atoms with Crippen molar-refractivity contribution < 1.29 is 47.6 Å². The fraction of sp³-hybridized carbons (Fsp3) is 1.00. The predicted molar refractivity (Wildman–Crippen MR) is 90.9 cm³/mol. The molecule has 0 aliphatic carbocycles. The van der Waals surface area contributed by atoms with Crippen LogP contribution in [0, 0.1) is 0 Å². The number of aliphatic hydroxyl groups is 1. The Morgan fingerprint density at radius 3 is 1.48 bits per heavy atom. The van der Waals surface area contributed by atoms with Crippen molar-refractivity contribution in [1.82, 2.24) is 0 Å². The summed E-state index contributed by atoms with van der Waals surface area (Å²) in [6.45, 7) is 3.61. The molecule has 23 heavy (non-hydrogen) atoms. The summed E-state index contributed by atoms with van der Waals surface area (Å²) in [5, 5.41) is 8.20. The Labute approximate surface area is 165 Å². The van der Waals surface area contributed by atoms with E-state index in [1.165, 1.54) is 64.7 Å². The first-order valence-electron chi connectivity index (χ1n) is 9.02. The van der Waals surface area contributed by atoms with Crippen molar-refractivity contribution in [3.63, 3.8) is 0 Å². The van der Waals surface area contributed by atoms with Gasteiger partial charge in [-0.15, -0.1) is 0 Å². The van der Waals surface area contributed by atoms with Crippen LogP contribution in [0.25, 0.3) is 0 Å². The van der Waals surface area contributed by atoms with E-state index in [0.717, 1.165) is 12.8 Å². The average molecular weight is 359 g/mol. The van der Waals surface area contributed by atoms with Gasteiger partial charge in [-0.1, -0.05) is 84.0 Å². The summed E-state index contributed by atoms with van der Waals surface area (Å²) in [4.78, 5) is 0. The summed E-state index contributed by atoms with van der Waals surface area (Å²) in [5.41, 5.74) is 0. The molecule has 0 aromatic heterocycles. The van der Waals surface area contributed by atoms with Crippen molar-refractivity contribution in [2.75, 3.05) is 0 Å². The van der Waals surface area contributed by atoms with Crippen LogP contribution in [0.2, 0.25) is 0 Å². The molecule has 0 aliphatic rings. The monoisotopic (exact) mass is 358 g/mol. The second-order valence-corrected chi connectivity index (χ2v) is 8.04. The molecular weight excluding hydrogens is 323 g/mol. The van der Waals surface area contributed by atoms with Crippen LogP contribution in [-0.2, 0) is 10.1 Å². The van der Waals surface area contributed by atoms with Crippen molar-refractivity contribution >= 4 is 10.1 Å². The maximum atomic E-state index is 11.0. The van der Waals surface area contributed by atoms with Crippen molar-refractivity contribution in [2.24, 2.45) is 0 Å². The Hall–Kier alpha value is 0.870. The van der Waals surface area contributed by atoms with Crippen molar-refractivity contribution in [3.8, 4) is 0 Å². The maximum Gasteiger partial charge on any atom is 1.00 e. The van der Waals surface area contributed by atoms with Crippen LogP contribution in [-0.4, -0.2) is 29.4 Å². The molecule has 1 N–H and O–H groups in total. The normalized spacial score (nSPS) is 14.3. The van der Waals surface area contributed by atoms with Gasteiger partial charge in [0.1, 0.15) is 10.1 Å².